The Balaban J connectivity index is 1.74. The molecule has 1 aliphatic rings. The molecule has 0 aliphatic heterocycles. The Morgan fingerprint density at radius 1 is 1.41 bits per heavy atom. The molecule has 1 heterocycles. The van der Waals surface area contributed by atoms with E-state index >= 15 is 0 Å². The molecule has 1 aromatic heterocycles. The minimum atomic E-state index is -0.215. The second-order valence-corrected chi connectivity index (χ2v) is 5.23. The van der Waals surface area contributed by atoms with Gasteiger partial charge in [0.25, 0.3) is 0 Å². The largest absolute Gasteiger partial charge is 0.308 e. The molecule has 2 nitrogen and oxygen atoms in total. The molecule has 0 bridgehead atoms. The van der Waals surface area contributed by atoms with Crippen molar-refractivity contribution in [3.8, 4) is 11.3 Å². The van der Waals surface area contributed by atoms with Gasteiger partial charge in [-0.25, -0.2) is 9.37 Å². The molecule has 1 aromatic carbocycles. The summed E-state index contributed by atoms with van der Waals surface area (Å²) in [4.78, 5) is 4.51. The Morgan fingerprint density at radius 3 is 3.06 bits per heavy atom. The van der Waals surface area contributed by atoms with Gasteiger partial charge in [-0.15, -0.1) is 11.3 Å². The fourth-order valence-corrected chi connectivity index (χ4v) is 2.45. The molecule has 88 valence electrons. The number of hydrogen-bond donors (Lipinski definition) is 1. The van der Waals surface area contributed by atoms with Crippen LogP contribution in [0.1, 0.15) is 17.8 Å². The lowest BCUT2D eigenvalue weighted by atomic mass is 10.2. The number of rotatable bonds is 4. The van der Waals surface area contributed by atoms with Crippen LogP contribution >= 0.6 is 11.3 Å². The van der Waals surface area contributed by atoms with Crippen LogP contribution < -0.4 is 5.32 Å². The summed E-state index contributed by atoms with van der Waals surface area (Å²) in [5.41, 5.74) is 1.71. The lowest BCUT2D eigenvalue weighted by Gasteiger charge is -1.98. The topological polar surface area (TPSA) is 24.9 Å². The number of benzene rings is 1. The molecule has 2 aromatic rings. The smallest absolute Gasteiger partial charge is 0.123 e. The maximum atomic E-state index is 13.1. The van der Waals surface area contributed by atoms with Gasteiger partial charge in [-0.2, -0.15) is 0 Å². The average molecular weight is 248 g/mol. The van der Waals surface area contributed by atoms with Crippen molar-refractivity contribution in [3.05, 3.63) is 40.5 Å². The van der Waals surface area contributed by atoms with Crippen molar-refractivity contribution >= 4 is 11.3 Å². The van der Waals surface area contributed by atoms with Gasteiger partial charge in [0.05, 0.1) is 5.69 Å². The molecule has 0 unspecified atom stereocenters. The fraction of sp³-hybridized carbons (Fsp3) is 0.308. The first-order valence-electron chi connectivity index (χ1n) is 5.75. The van der Waals surface area contributed by atoms with Gasteiger partial charge < -0.3 is 5.32 Å². The van der Waals surface area contributed by atoms with Gasteiger partial charge >= 0.3 is 0 Å². The molecule has 1 saturated carbocycles. The van der Waals surface area contributed by atoms with Gasteiger partial charge in [-0.3, -0.25) is 0 Å². The van der Waals surface area contributed by atoms with Crippen molar-refractivity contribution in [2.45, 2.75) is 25.4 Å². The number of nitrogens with one attached hydrogen (secondary N) is 1. The second-order valence-electron chi connectivity index (χ2n) is 4.29. The van der Waals surface area contributed by atoms with Gasteiger partial charge in [-0.05, 0) is 25.0 Å². The molecule has 17 heavy (non-hydrogen) atoms. The molecule has 4 heteroatoms. The maximum absolute atomic E-state index is 13.1. The molecule has 0 saturated heterocycles. The maximum Gasteiger partial charge on any atom is 0.123 e. The molecule has 0 spiro atoms. The highest BCUT2D eigenvalue weighted by Gasteiger charge is 2.20. The van der Waals surface area contributed by atoms with Gasteiger partial charge in [-0.1, -0.05) is 12.1 Å². The third kappa shape index (κ3) is 2.70. The van der Waals surface area contributed by atoms with Crippen molar-refractivity contribution in [3.63, 3.8) is 0 Å². The molecule has 3 rings (SSSR count). The number of thiazole rings is 1. The van der Waals surface area contributed by atoms with E-state index in [2.05, 4.69) is 10.3 Å². The fourth-order valence-electron chi connectivity index (χ4n) is 1.69. The Hall–Kier alpha value is -1.26. The third-order valence-electron chi connectivity index (χ3n) is 2.79. The Bertz CT molecular complexity index is 520. The van der Waals surface area contributed by atoms with Gasteiger partial charge in [0.15, 0.2) is 0 Å². The minimum Gasteiger partial charge on any atom is -0.308 e. The molecule has 0 radical (unpaired) electrons. The summed E-state index contributed by atoms with van der Waals surface area (Å²) in [6.45, 7) is 0.824. The Kier molecular flexibility index (Phi) is 2.91. The van der Waals surface area contributed by atoms with Crippen molar-refractivity contribution < 1.29 is 4.39 Å². The third-order valence-corrected chi connectivity index (χ3v) is 3.64. The quantitative estimate of drug-likeness (QED) is 0.898. The van der Waals surface area contributed by atoms with E-state index in [4.69, 9.17) is 0 Å². The highest BCUT2D eigenvalue weighted by molar-refractivity contribution is 7.09. The lowest BCUT2D eigenvalue weighted by molar-refractivity contribution is 0.628. The summed E-state index contributed by atoms with van der Waals surface area (Å²) in [5.74, 6) is -0.215. The van der Waals surface area contributed by atoms with Crippen molar-refractivity contribution in [1.82, 2.24) is 10.3 Å². The van der Waals surface area contributed by atoms with E-state index in [0.29, 0.717) is 6.04 Å². The minimum absolute atomic E-state index is 0.215. The van der Waals surface area contributed by atoms with Crippen LogP contribution in [0.15, 0.2) is 29.6 Å². The van der Waals surface area contributed by atoms with Crippen LogP contribution in [0.4, 0.5) is 4.39 Å². The molecule has 1 fully saturated rings. The average Bonchev–Trinajstić information content (AvgIpc) is 3.04. The molecule has 0 atom stereocenters. The van der Waals surface area contributed by atoms with Crippen molar-refractivity contribution in [1.29, 1.82) is 0 Å². The second kappa shape index (κ2) is 4.55. The lowest BCUT2D eigenvalue weighted by Crippen LogP contribution is -2.14. The van der Waals surface area contributed by atoms with E-state index in [1.165, 1.54) is 25.0 Å². The summed E-state index contributed by atoms with van der Waals surface area (Å²) < 4.78 is 13.1. The van der Waals surface area contributed by atoms with Crippen LogP contribution in [-0.2, 0) is 6.54 Å². The van der Waals surface area contributed by atoms with E-state index in [-0.39, 0.29) is 5.82 Å². The molecule has 0 amide bonds. The van der Waals surface area contributed by atoms with E-state index in [0.717, 1.165) is 22.8 Å². The van der Waals surface area contributed by atoms with Crippen LogP contribution in [0.25, 0.3) is 11.3 Å². The first-order valence-corrected chi connectivity index (χ1v) is 6.63. The molecule has 1 N–H and O–H groups in total. The van der Waals surface area contributed by atoms with Crippen LogP contribution in [0.3, 0.4) is 0 Å². The van der Waals surface area contributed by atoms with Crippen molar-refractivity contribution in [2.75, 3.05) is 0 Å². The predicted octanol–water partition coefficient (Wildman–Crippen LogP) is 3.20. The first-order chi connectivity index (χ1) is 8.31. The van der Waals surface area contributed by atoms with E-state index < -0.39 is 0 Å². The monoisotopic (exact) mass is 248 g/mol. The predicted molar refractivity (Wildman–Crippen MR) is 67.4 cm³/mol. The normalized spacial score (nSPS) is 15.1. The zero-order chi connectivity index (χ0) is 11.7. The van der Waals surface area contributed by atoms with Crippen LogP contribution in [-0.4, -0.2) is 11.0 Å². The summed E-state index contributed by atoms with van der Waals surface area (Å²) in [5, 5.41) is 6.47. The van der Waals surface area contributed by atoms with Crippen LogP contribution in [0, 0.1) is 5.82 Å². The summed E-state index contributed by atoms with van der Waals surface area (Å²) in [6.07, 6.45) is 2.56. The first kappa shape index (κ1) is 10.9. The van der Waals surface area contributed by atoms with Gasteiger partial charge in [0.1, 0.15) is 10.8 Å². The highest BCUT2D eigenvalue weighted by atomic mass is 32.1. The SMILES string of the molecule is Fc1cccc(-c2csc(CNC3CC3)n2)c1. The Morgan fingerprint density at radius 2 is 2.29 bits per heavy atom. The van der Waals surface area contributed by atoms with Crippen molar-refractivity contribution in [2.24, 2.45) is 0 Å². The summed E-state index contributed by atoms with van der Waals surface area (Å²) in [7, 11) is 0. The van der Waals surface area contributed by atoms with Gasteiger partial charge in [0, 0.05) is 23.5 Å². The molecular formula is C13H13FN2S. The van der Waals surface area contributed by atoms with E-state index in [9.17, 15) is 4.39 Å². The zero-order valence-electron chi connectivity index (χ0n) is 9.32. The van der Waals surface area contributed by atoms with Crippen LogP contribution in [0.2, 0.25) is 0 Å². The molecular weight excluding hydrogens is 235 g/mol. The van der Waals surface area contributed by atoms with E-state index in [1.807, 2.05) is 11.4 Å². The number of aromatic nitrogens is 1. The summed E-state index contributed by atoms with van der Waals surface area (Å²) >= 11 is 1.62. The standard InChI is InChI=1S/C13H13FN2S/c14-10-3-1-2-9(6-10)12-8-17-13(16-12)7-15-11-4-5-11/h1-3,6,8,11,15H,4-5,7H2. The van der Waals surface area contributed by atoms with Crippen LogP contribution in [0.5, 0.6) is 0 Å². The highest BCUT2D eigenvalue weighted by Crippen LogP contribution is 2.24. The van der Waals surface area contributed by atoms with Gasteiger partial charge in [0.2, 0.25) is 0 Å². The number of hydrogen-bond acceptors (Lipinski definition) is 3. The Labute approximate surface area is 104 Å². The number of nitrogens with zero attached hydrogens (tertiary/aromatic N) is 1. The molecule has 1 aliphatic carbocycles. The zero-order valence-corrected chi connectivity index (χ0v) is 10.1. The summed E-state index contributed by atoms with van der Waals surface area (Å²) in [6, 6.07) is 7.26. The number of halogens is 1. The van der Waals surface area contributed by atoms with E-state index in [1.54, 1.807) is 17.4 Å².